The summed E-state index contributed by atoms with van der Waals surface area (Å²) in [6, 6.07) is 21.1. The summed E-state index contributed by atoms with van der Waals surface area (Å²) in [6.45, 7) is -0.00292. The van der Waals surface area contributed by atoms with Crippen LogP contribution in [0.3, 0.4) is 0 Å². The van der Waals surface area contributed by atoms with Crippen molar-refractivity contribution in [3.05, 3.63) is 113 Å². The number of carbonyl (C=O) groups is 2. The number of aryl methyl sites for hydroxylation is 2. The van der Waals surface area contributed by atoms with Crippen molar-refractivity contribution >= 4 is 22.8 Å². The van der Waals surface area contributed by atoms with Gasteiger partial charge in [0.25, 0.3) is 11.5 Å². The van der Waals surface area contributed by atoms with Gasteiger partial charge in [-0.05, 0) is 29.7 Å². The van der Waals surface area contributed by atoms with Crippen LogP contribution in [0.5, 0.6) is 5.75 Å². The maximum Gasteiger partial charge on any atom is 0.305 e. The van der Waals surface area contributed by atoms with Crippen molar-refractivity contribution < 1.29 is 24.2 Å². The summed E-state index contributed by atoms with van der Waals surface area (Å²) < 4.78 is 15.8. The highest BCUT2D eigenvalue weighted by Gasteiger charge is 2.25. The zero-order chi connectivity index (χ0) is 28.9. The number of aromatic hydroxyl groups is 1. The first kappa shape index (κ1) is 27.2. The predicted molar refractivity (Wildman–Crippen MR) is 151 cm³/mol. The lowest BCUT2D eigenvalue weighted by molar-refractivity contribution is -0.136. The van der Waals surface area contributed by atoms with Crippen molar-refractivity contribution in [2.75, 3.05) is 6.54 Å². The van der Waals surface area contributed by atoms with Crippen molar-refractivity contribution in [1.82, 2.24) is 19.9 Å². The molecule has 5 rings (SSSR count). The Kier molecular flexibility index (Phi) is 7.82. The van der Waals surface area contributed by atoms with Crippen molar-refractivity contribution in [2.24, 2.45) is 0 Å². The van der Waals surface area contributed by atoms with Crippen LogP contribution in [0.4, 0.5) is 4.39 Å². The third kappa shape index (κ3) is 5.81. The number of nitrogens with zero attached hydrogens (tertiary/aromatic N) is 3. The molecule has 0 aliphatic carbocycles. The van der Waals surface area contributed by atoms with E-state index in [2.05, 4.69) is 15.3 Å². The van der Waals surface area contributed by atoms with Gasteiger partial charge in [0.05, 0.1) is 23.8 Å². The van der Waals surface area contributed by atoms with Crippen LogP contribution in [0.25, 0.3) is 33.3 Å². The lowest BCUT2D eigenvalue weighted by atomic mass is 10.0. The lowest BCUT2D eigenvalue weighted by Gasteiger charge is -2.19. The van der Waals surface area contributed by atoms with Gasteiger partial charge in [0, 0.05) is 35.8 Å². The molecule has 0 unspecified atom stereocenters. The van der Waals surface area contributed by atoms with Crippen LogP contribution in [0.2, 0.25) is 0 Å². The number of rotatable bonds is 9. The monoisotopic (exact) mass is 552 g/mol. The first-order valence-corrected chi connectivity index (χ1v) is 12.8. The molecule has 10 heteroatoms. The Bertz CT molecular complexity index is 1810. The Morgan fingerprint density at radius 2 is 1.66 bits per heavy atom. The van der Waals surface area contributed by atoms with Crippen LogP contribution >= 0.6 is 0 Å². The standard InChI is InChI=1S/C31H25FN4O5/c32-22-15-21(17-33-18-22)26-28-24(29(39)27(35-26)30(40)34-13-11-25(37)38)16-23(20-9-5-2-6-10-20)31(41)36(28)14-12-19-7-3-1-4-8-19/h1-10,15-18,39H,11-14H2,(H,34,40)(H,37,38). The van der Waals surface area contributed by atoms with E-state index in [9.17, 15) is 23.9 Å². The molecule has 206 valence electrons. The highest BCUT2D eigenvalue weighted by atomic mass is 19.1. The number of halogens is 1. The smallest absolute Gasteiger partial charge is 0.305 e. The van der Waals surface area contributed by atoms with Gasteiger partial charge in [0.15, 0.2) is 11.4 Å². The van der Waals surface area contributed by atoms with Gasteiger partial charge in [-0.25, -0.2) is 9.37 Å². The second kappa shape index (κ2) is 11.8. The summed E-state index contributed by atoms with van der Waals surface area (Å²) in [5.41, 5.74) is 1.57. The quantitative estimate of drug-likeness (QED) is 0.246. The highest BCUT2D eigenvalue weighted by molar-refractivity contribution is 6.06. The Morgan fingerprint density at radius 1 is 0.951 bits per heavy atom. The molecule has 3 aromatic heterocycles. The van der Waals surface area contributed by atoms with Crippen LogP contribution in [0.15, 0.2) is 90.0 Å². The fraction of sp³-hybridized carbons (Fsp3) is 0.129. The topological polar surface area (TPSA) is 134 Å². The Balaban J connectivity index is 1.79. The van der Waals surface area contributed by atoms with E-state index in [-0.39, 0.29) is 52.8 Å². The zero-order valence-electron chi connectivity index (χ0n) is 21.8. The maximum absolute atomic E-state index is 14.3. The summed E-state index contributed by atoms with van der Waals surface area (Å²) >= 11 is 0. The van der Waals surface area contributed by atoms with Gasteiger partial charge >= 0.3 is 5.97 Å². The van der Waals surface area contributed by atoms with E-state index >= 15 is 0 Å². The second-order valence-corrected chi connectivity index (χ2v) is 9.33. The molecule has 0 bridgehead atoms. The molecule has 2 aromatic carbocycles. The maximum atomic E-state index is 14.3. The molecular formula is C31H25FN4O5. The third-order valence-corrected chi connectivity index (χ3v) is 6.59. The minimum absolute atomic E-state index is 0.0676. The van der Waals surface area contributed by atoms with Gasteiger partial charge in [-0.15, -0.1) is 0 Å². The van der Waals surface area contributed by atoms with E-state index in [0.717, 1.165) is 11.8 Å². The number of benzene rings is 2. The molecule has 0 radical (unpaired) electrons. The molecule has 0 atom stereocenters. The number of carbonyl (C=O) groups excluding carboxylic acids is 1. The fourth-order valence-corrected chi connectivity index (χ4v) is 4.64. The van der Waals surface area contributed by atoms with Gasteiger partial charge < -0.3 is 20.1 Å². The molecule has 5 aromatic rings. The number of aromatic nitrogens is 3. The number of fused-ring (bicyclic) bond motifs is 1. The van der Waals surface area contributed by atoms with E-state index in [1.165, 1.54) is 22.9 Å². The number of pyridine rings is 3. The van der Waals surface area contributed by atoms with Crippen molar-refractivity contribution in [1.29, 1.82) is 0 Å². The van der Waals surface area contributed by atoms with Gasteiger partial charge in [-0.1, -0.05) is 60.7 Å². The first-order valence-electron chi connectivity index (χ1n) is 12.8. The summed E-state index contributed by atoms with van der Waals surface area (Å²) in [7, 11) is 0. The predicted octanol–water partition coefficient (Wildman–Crippen LogP) is 4.42. The van der Waals surface area contributed by atoms with Gasteiger partial charge in [0.1, 0.15) is 5.82 Å². The number of carboxylic acids is 1. The number of hydrogen-bond acceptors (Lipinski definition) is 6. The summed E-state index contributed by atoms with van der Waals surface area (Å²) in [5.74, 6) is -3.08. The van der Waals surface area contributed by atoms with Crippen LogP contribution in [-0.2, 0) is 17.8 Å². The van der Waals surface area contributed by atoms with Crippen LogP contribution in [0, 0.1) is 5.82 Å². The lowest BCUT2D eigenvalue weighted by Crippen LogP contribution is -2.28. The molecule has 0 saturated carbocycles. The number of aliphatic carboxylic acids is 1. The van der Waals surface area contributed by atoms with E-state index in [0.29, 0.717) is 12.0 Å². The van der Waals surface area contributed by atoms with E-state index in [1.54, 1.807) is 24.3 Å². The number of amides is 1. The molecule has 1 amide bonds. The minimum Gasteiger partial charge on any atom is -0.505 e. The number of hydrogen-bond donors (Lipinski definition) is 3. The van der Waals surface area contributed by atoms with E-state index in [4.69, 9.17) is 5.11 Å². The molecule has 0 spiro atoms. The highest BCUT2D eigenvalue weighted by Crippen LogP contribution is 2.36. The molecule has 9 nitrogen and oxygen atoms in total. The van der Waals surface area contributed by atoms with E-state index in [1.807, 2.05) is 36.4 Å². The normalized spacial score (nSPS) is 11.0. The van der Waals surface area contributed by atoms with Gasteiger partial charge in [-0.2, -0.15) is 0 Å². The minimum atomic E-state index is -1.11. The number of carboxylic acid groups (broad SMARTS) is 1. The van der Waals surface area contributed by atoms with Crippen molar-refractivity contribution in [3.8, 4) is 28.1 Å². The van der Waals surface area contributed by atoms with Crippen molar-refractivity contribution in [3.63, 3.8) is 0 Å². The average molecular weight is 553 g/mol. The second-order valence-electron chi connectivity index (χ2n) is 9.33. The fourth-order valence-electron chi connectivity index (χ4n) is 4.64. The zero-order valence-corrected chi connectivity index (χ0v) is 21.8. The molecule has 3 N–H and O–H groups in total. The van der Waals surface area contributed by atoms with Gasteiger partial charge in [0.2, 0.25) is 0 Å². The molecule has 0 aliphatic rings. The summed E-state index contributed by atoms with van der Waals surface area (Å²) in [6.07, 6.45) is 2.50. The first-order chi connectivity index (χ1) is 19.8. The molecule has 0 saturated heterocycles. The van der Waals surface area contributed by atoms with Crippen LogP contribution < -0.4 is 10.9 Å². The molecule has 0 fully saturated rings. The van der Waals surface area contributed by atoms with Gasteiger partial charge in [-0.3, -0.25) is 19.4 Å². The van der Waals surface area contributed by atoms with E-state index < -0.39 is 29.1 Å². The van der Waals surface area contributed by atoms with Crippen LogP contribution in [0.1, 0.15) is 22.5 Å². The number of nitrogens with one attached hydrogen (secondary N) is 1. The molecule has 0 aliphatic heterocycles. The third-order valence-electron chi connectivity index (χ3n) is 6.59. The molecular weight excluding hydrogens is 527 g/mol. The van der Waals surface area contributed by atoms with Crippen molar-refractivity contribution in [2.45, 2.75) is 19.4 Å². The summed E-state index contributed by atoms with van der Waals surface area (Å²) in [5, 5.41) is 22.9. The van der Waals surface area contributed by atoms with Crippen LogP contribution in [-0.4, -0.2) is 43.2 Å². The average Bonchev–Trinajstić information content (AvgIpc) is 2.97. The molecule has 3 heterocycles. The molecule has 41 heavy (non-hydrogen) atoms. The summed E-state index contributed by atoms with van der Waals surface area (Å²) in [4.78, 5) is 46.3. The Hall–Kier alpha value is -5.38. The SMILES string of the molecule is O=C(O)CCNC(=O)c1nc(-c2cncc(F)c2)c2c(cc(-c3ccccc3)c(=O)n2CCc2ccccc2)c1O. The Morgan fingerprint density at radius 3 is 2.34 bits per heavy atom. The largest absolute Gasteiger partial charge is 0.505 e. The Labute approximate surface area is 233 Å².